The van der Waals surface area contributed by atoms with Crippen molar-refractivity contribution in [2.75, 3.05) is 11.9 Å². The van der Waals surface area contributed by atoms with Gasteiger partial charge in [0.15, 0.2) is 6.61 Å². The quantitative estimate of drug-likeness (QED) is 0.832. The molecule has 0 heterocycles. The third-order valence-corrected chi connectivity index (χ3v) is 3.11. The molecule has 22 heavy (non-hydrogen) atoms. The van der Waals surface area contributed by atoms with Gasteiger partial charge < -0.3 is 14.8 Å². The van der Waals surface area contributed by atoms with Crippen LogP contribution < -0.4 is 5.32 Å². The fraction of sp³-hybridized carbons (Fsp3) is 0.235. The molecule has 1 N–H and O–H groups in total. The lowest BCUT2D eigenvalue weighted by Crippen LogP contribution is -2.21. The second-order valence-electron chi connectivity index (χ2n) is 4.94. The first-order chi connectivity index (χ1) is 10.6. The van der Waals surface area contributed by atoms with Crippen molar-refractivity contribution in [2.24, 2.45) is 0 Å². The molecule has 0 aliphatic rings. The smallest absolute Gasteiger partial charge is 0.306 e. The summed E-state index contributed by atoms with van der Waals surface area (Å²) in [7, 11) is 0. The van der Waals surface area contributed by atoms with Gasteiger partial charge in [0, 0.05) is 17.5 Å². The zero-order valence-electron chi connectivity index (χ0n) is 12.3. The number of anilines is 1. The zero-order chi connectivity index (χ0) is 15.9. The van der Waals surface area contributed by atoms with Crippen LogP contribution in [-0.4, -0.2) is 24.3 Å². The highest BCUT2D eigenvalue weighted by Crippen LogP contribution is 2.22. The maximum atomic E-state index is 11.8. The molecule has 1 amide bonds. The summed E-state index contributed by atoms with van der Waals surface area (Å²) in [6.07, 6.45) is 0.126. The molecule has 5 nitrogen and oxygen atoms in total. The summed E-state index contributed by atoms with van der Waals surface area (Å²) in [5.41, 5.74) is 0.669. The Morgan fingerprint density at radius 2 is 1.73 bits per heavy atom. The molecule has 0 atom stereocenters. The average molecular weight is 299 g/mol. The number of ketones is 1. The molecule has 0 saturated carbocycles. The number of fused-ring (bicyclic) bond motifs is 1. The molecule has 0 aliphatic carbocycles. The first-order valence-corrected chi connectivity index (χ1v) is 6.99. The molecule has 2 aromatic rings. The Labute approximate surface area is 128 Å². The lowest BCUT2D eigenvalue weighted by Gasteiger charge is -2.09. The third-order valence-electron chi connectivity index (χ3n) is 3.11. The molecule has 5 heteroatoms. The first kappa shape index (κ1) is 15.7. The van der Waals surface area contributed by atoms with E-state index in [9.17, 15) is 14.4 Å². The minimum atomic E-state index is -0.553. The van der Waals surface area contributed by atoms with Crippen molar-refractivity contribution in [3.05, 3.63) is 42.5 Å². The number of carbonyl (C=O) groups is 3. The molecule has 0 fully saturated rings. The Balaban J connectivity index is 1.91. The summed E-state index contributed by atoms with van der Waals surface area (Å²) in [6, 6.07) is 13.3. The highest BCUT2D eigenvalue weighted by molar-refractivity contribution is 6.02. The van der Waals surface area contributed by atoms with Gasteiger partial charge in [-0.1, -0.05) is 36.4 Å². The number of hydrogen-bond acceptors (Lipinski definition) is 4. The fourth-order valence-corrected chi connectivity index (χ4v) is 2.02. The van der Waals surface area contributed by atoms with Gasteiger partial charge in [-0.15, -0.1) is 0 Å². The molecule has 0 unspecified atom stereocenters. The van der Waals surface area contributed by atoms with E-state index in [1.807, 2.05) is 36.4 Å². The summed E-state index contributed by atoms with van der Waals surface area (Å²) >= 11 is 0. The summed E-state index contributed by atoms with van der Waals surface area (Å²) in [6.45, 7) is 1.04. The van der Waals surface area contributed by atoms with Crippen LogP contribution in [0.15, 0.2) is 42.5 Å². The standard InChI is InChI=1S/C17H17NO4/c1-12(19)9-10-17(21)22-11-16(20)18-15-8-4-6-13-5-2-3-7-14(13)15/h2-8H,9-11H2,1H3,(H,18,20). The van der Waals surface area contributed by atoms with Crippen LogP contribution in [0.2, 0.25) is 0 Å². The van der Waals surface area contributed by atoms with Crippen LogP contribution in [0.25, 0.3) is 10.8 Å². The number of ether oxygens (including phenoxy) is 1. The second-order valence-corrected chi connectivity index (χ2v) is 4.94. The number of esters is 1. The molecular formula is C17H17NO4. The second kappa shape index (κ2) is 7.36. The highest BCUT2D eigenvalue weighted by Gasteiger charge is 2.10. The molecule has 114 valence electrons. The number of hydrogen-bond donors (Lipinski definition) is 1. The Hall–Kier alpha value is -2.69. The van der Waals surface area contributed by atoms with E-state index >= 15 is 0 Å². The highest BCUT2D eigenvalue weighted by atomic mass is 16.5. The van der Waals surface area contributed by atoms with Gasteiger partial charge >= 0.3 is 5.97 Å². The van der Waals surface area contributed by atoms with Crippen molar-refractivity contribution < 1.29 is 19.1 Å². The summed E-state index contributed by atoms with van der Waals surface area (Å²) in [5, 5.41) is 4.65. The van der Waals surface area contributed by atoms with Crippen molar-refractivity contribution in [1.82, 2.24) is 0 Å². The van der Waals surface area contributed by atoms with Crippen molar-refractivity contribution in [3.8, 4) is 0 Å². The lowest BCUT2D eigenvalue weighted by molar-refractivity contribution is -0.148. The Bertz CT molecular complexity index is 703. The Morgan fingerprint density at radius 1 is 1.00 bits per heavy atom. The Kier molecular flexibility index (Phi) is 5.25. The lowest BCUT2D eigenvalue weighted by atomic mass is 10.1. The van der Waals surface area contributed by atoms with E-state index in [-0.39, 0.29) is 25.2 Å². The largest absolute Gasteiger partial charge is 0.456 e. The van der Waals surface area contributed by atoms with E-state index in [0.29, 0.717) is 5.69 Å². The number of carbonyl (C=O) groups excluding carboxylic acids is 3. The molecule has 2 rings (SSSR count). The van der Waals surface area contributed by atoms with E-state index < -0.39 is 11.9 Å². The van der Waals surface area contributed by atoms with Crippen LogP contribution in [0.4, 0.5) is 5.69 Å². The van der Waals surface area contributed by atoms with Crippen molar-refractivity contribution in [2.45, 2.75) is 19.8 Å². The average Bonchev–Trinajstić information content (AvgIpc) is 2.51. The predicted molar refractivity (Wildman–Crippen MR) is 83.5 cm³/mol. The molecular weight excluding hydrogens is 282 g/mol. The van der Waals surface area contributed by atoms with Gasteiger partial charge in [0.2, 0.25) is 0 Å². The van der Waals surface area contributed by atoms with Gasteiger partial charge in [-0.3, -0.25) is 9.59 Å². The minimum absolute atomic E-state index is 0.00309. The fourth-order valence-electron chi connectivity index (χ4n) is 2.02. The molecule has 0 spiro atoms. The SMILES string of the molecule is CC(=O)CCC(=O)OCC(=O)Nc1cccc2ccccc12. The number of rotatable bonds is 6. The normalized spacial score (nSPS) is 10.2. The zero-order valence-corrected chi connectivity index (χ0v) is 12.3. The number of Topliss-reactive ketones (excluding diaryl/α,β-unsaturated/α-hetero) is 1. The number of benzene rings is 2. The van der Waals surface area contributed by atoms with Gasteiger partial charge in [0.05, 0.1) is 6.42 Å². The monoisotopic (exact) mass is 299 g/mol. The van der Waals surface area contributed by atoms with Gasteiger partial charge in [-0.05, 0) is 18.4 Å². The third kappa shape index (κ3) is 4.41. The van der Waals surface area contributed by atoms with Gasteiger partial charge in [-0.2, -0.15) is 0 Å². The molecule has 0 radical (unpaired) electrons. The molecule has 2 aromatic carbocycles. The molecule has 0 bridgehead atoms. The van der Waals surface area contributed by atoms with Crippen LogP contribution in [0.5, 0.6) is 0 Å². The van der Waals surface area contributed by atoms with E-state index in [1.54, 1.807) is 6.07 Å². The van der Waals surface area contributed by atoms with Crippen LogP contribution in [0.3, 0.4) is 0 Å². The maximum Gasteiger partial charge on any atom is 0.306 e. The van der Waals surface area contributed by atoms with Crippen molar-refractivity contribution >= 4 is 34.1 Å². The van der Waals surface area contributed by atoms with Crippen LogP contribution >= 0.6 is 0 Å². The number of nitrogens with one attached hydrogen (secondary N) is 1. The van der Waals surface area contributed by atoms with E-state index in [1.165, 1.54) is 6.92 Å². The maximum absolute atomic E-state index is 11.8. The molecule has 0 aliphatic heterocycles. The van der Waals surface area contributed by atoms with E-state index in [2.05, 4.69) is 5.32 Å². The first-order valence-electron chi connectivity index (χ1n) is 6.99. The topological polar surface area (TPSA) is 72.5 Å². The van der Waals surface area contributed by atoms with Gasteiger partial charge in [0.1, 0.15) is 5.78 Å². The van der Waals surface area contributed by atoms with Crippen molar-refractivity contribution in [3.63, 3.8) is 0 Å². The molecule has 0 aromatic heterocycles. The van der Waals surface area contributed by atoms with Crippen molar-refractivity contribution in [1.29, 1.82) is 0 Å². The van der Waals surface area contributed by atoms with Crippen LogP contribution in [-0.2, 0) is 19.1 Å². The van der Waals surface area contributed by atoms with Gasteiger partial charge in [0.25, 0.3) is 5.91 Å². The van der Waals surface area contributed by atoms with Crippen LogP contribution in [0.1, 0.15) is 19.8 Å². The van der Waals surface area contributed by atoms with E-state index in [0.717, 1.165) is 10.8 Å². The van der Waals surface area contributed by atoms with E-state index in [4.69, 9.17) is 4.74 Å². The molecule has 0 saturated heterocycles. The minimum Gasteiger partial charge on any atom is -0.456 e. The summed E-state index contributed by atoms with van der Waals surface area (Å²) < 4.78 is 4.84. The summed E-state index contributed by atoms with van der Waals surface area (Å²) in [4.78, 5) is 34.0. The van der Waals surface area contributed by atoms with Gasteiger partial charge in [-0.25, -0.2) is 0 Å². The van der Waals surface area contributed by atoms with Crippen LogP contribution in [0, 0.1) is 0 Å². The number of amides is 1. The Morgan fingerprint density at radius 3 is 2.50 bits per heavy atom. The summed E-state index contributed by atoms with van der Waals surface area (Å²) in [5.74, 6) is -1.05. The predicted octanol–water partition coefficient (Wildman–Crippen LogP) is 2.69.